The van der Waals surface area contributed by atoms with Gasteiger partial charge in [-0.05, 0) is 128 Å². The van der Waals surface area contributed by atoms with Crippen molar-refractivity contribution >= 4 is 46.7 Å². The van der Waals surface area contributed by atoms with Gasteiger partial charge in [0, 0.05) is 22.1 Å². The van der Waals surface area contributed by atoms with Crippen LogP contribution in [-0.2, 0) is 5.04 Å². The van der Waals surface area contributed by atoms with Crippen LogP contribution in [0.2, 0.25) is 19.6 Å². The molecule has 0 saturated heterocycles. The molecule has 0 radical (unpaired) electrons. The fraction of sp³-hybridized carbons (Fsp3) is 0.224. The lowest BCUT2D eigenvalue weighted by molar-refractivity contribution is 0.443. The van der Waals surface area contributed by atoms with E-state index in [-0.39, 0.29) is 5.04 Å². The van der Waals surface area contributed by atoms with Crippen molar-refractivity contribution in [3.8, 4) is 22.3 Å². The van der Waals surface area contributed by atoms with Gasteiger partial charge in [0.05, 0.1) is 8.07 Å². The molecule has 2 heteroatoms. The number of rotatable bonds is 6. The molecule has 0 heterocycles. The minimum absolute atomic E-state index is 0.0125. The Kier molecular flexibility index (Phi) is 7.78. The molecule has 1 unspecified atom stereocenters. The van der Waals surface area contributed by atoms with E-state index in [4.69, 9.17) is 0 Å². The van der Waals surface area contributed by atoms with Gasteiger partial charge in [-0.3, -0.25) is 0 Å². The SMILES string of the molecule is CC1([Si](C)(C)C)c2cc3cc(N(c4ccc(C5CCCCC5)cc4)c4cccc(-c5ccccc5)c4)ccc3cc2-c2ccc3ccccc3c21. The highest BCUT2D eigenvalue weighted by atomic mass is 28.3. The molecule has 0 aromatic heterocycles. The van der Waals surface area contributed by atoms with E-state index in [1.165, 1.54) is 110 Å². The van der Waals surface area contributed by atoms with Crippen molar-refractivity contribution < 1.29 is 0 Å². The van der Waals surface area contributed by atoms with Gasteiger partial charge in [0.2, 0.25) is 0 Å². The van der Waals surface area contributed by atoms with Crippen LogP contribution in [0, 0.1) is 0 Å². The summed E-state index contributed by atoms with van der Waals surface area (Å²) in [4.78, 5) is 2.46. The Morgan fingerprint density at radius 2 is 1.22 bits per heavy atom. The molecule has 0 spiro atoms. The monoisotopic (exact) mass is 677 g/mol. The summed E-state index contributed by atoms with van der Waals surface area (Å²) < 4.78 is 0. The summed E-state index contributed by atoms with van der Waals surface area (Å²) in [6, 6.07) is 55.1. The largest absolute Gasteiger partial charge is 0.310 e. The standard InChI is InChI=1S/C49H47NSi/c1-49(51(2,3)4)47-33-40-31-43(28-24-39(40)32-46(47)45-29-25-37-18-11-12-21-44(37)48(45)49)50(41-26-22-36(23-27-41)34-14-7-5-8-15-34)42-20-13-19-38(30-42)35-16-9-6-10-17-35/h6,9-13,16-34H,5,7-8,14-15H2,1-4H3. The first-order valence-corrected chi connectivity index (χ1v) is 22.5. The summed E-state index contributed by atoms with van der Waals surface area (Å²) in [6.07, 6.45) is 6.71. The van der Waals surface area contributed by atoms with Gasteiger partial charge in [-0.2, -0.15) is 0 Å². The van der Waals surface area contributed by atoms with Crippen LogP contribution >= 0.6 is 0 Å². The highest BCUT2D eigenvalue weighted by molar-refractivity contribution is 6.80. The molecule has 2 aliphatic carbocycles. The van der Waals surface area contributed by atoms with Crippen LogP contribution in [-0.4, -0.2) is 8.07 Å². The third-order valence-corrected chi connectivity index (χ3v) is 15.9. The lowest BCUT2D eigenvalue weighted by atomic mass is 9.84. The Morgan fingerprint density at radius 1 is 0.529 bits per heavy atom. The van der Waals surface area contributed by atoms with Crippen LogP contribution in [0.4, 0.5) is 17.1 Å². The quantitative estimate of drug-likeness (QED) is 0.158. The van der Waals surface area contributed by atoms with Crippen molar-refractivity contribution in [1.29, 1.82) is 0 Å². The molecule has 51 heavy (non-hydrogen) atoms. The summed E-state index contributed by atoms with van der Waals surface area (Å²) in [5.74, 6) is 0.687. The molecule has 1 atom stereocenters. The van der Waals surface area contributed by atoms with Gasteiger partial charge in [-0.1, -0.05) is 143 Å². The van der Waals surface area contributed by atoms with E-state index in [1.54, 1.807) is 0 Å². The third-order valence-electron chi connectivity index (χ3n) is 12.4. The zero-order chi connectivity index (χ0) is 34.7. The van der Waals surface area contributed by atoms with E-state index in [0.717, 1.165) is 0 Å². The van der Waals surface area contributed by atoms with Gasteiger partial charge in [0.25, 0.3) is 0 Å². The maximum absolute atomic E-state index is 2.55. The van der Waals surface area contributed by atoms with E-state index in [1.807, 2.05) is 0 Å². The number of benzene rings is 7. The lowest BCUT2D eigenvalue weighted by Gasteiger charge is -2.40. The van der Waals surface area contributed by atoms with Crippen LogP contribution < -0.4 is 4.90 Å². The maximum atomic E-state index is 2.55. The number of fused-ring (bicyclic) bond motifs is 6. The van der Waals surface area contributed by atoms with E-state index < -0.39 is 8.07 Å². The van der Waals surface area contributed by atoms with Crippen LogP contribution in [0.3, 0.4) is 0 Å². The van der Waals surface area contributed by atoms with Gasteiger partial charge in [-0.15, -0.1) is 0 Å². The minimum Gasteiger partial charge on any atom is -0.310 e. The summed E-state index contributed by atoms with van der Waals surface area (Å²) in [7, 11) is -1.77. The Morgan fingerprint density at radius 3 is 2.00 bits per heavy atom. The molecule has 7 aromatic rings. The molecule has 0 bridgehead atoms. The van der Waals surface area contributed by atoms with E-state index >= 15 is 0 Å². The molecule has 0 N–H and O–H groups in total. The molecular formula is C49H47NSi. The van der Waals surface area contributed by atoms with Gasteiger partial charge in [0.15, 0.2) is 0 Å². The average molecular weight is 678 g/mol. The van der Waals surface area contributed by atoms with E-state index in [9.17, 15) is 0 Å². The molecule has 7 aromatic carbocycles. The fourth-order valence-corrected chi connectivity index (χ4v) is 11.3. The second-order valence-electron chi connectivity index (χ2n) is 16.2. The van der Waals surface area contributed by atoms with Gasteiger partial charge >= 0.3 is 0 Å². The van der Waals surface area contributed by atoms with Crippen molar-refractivity contribution in [1.82, 2.24) is 0 Å². The maximum Gasteiger partial charge on any atom is 0.0609 e. The Labute approximate surface area is 304 Å². The van der Waals surface area contributed by atoms with Crippen LogP contribution in [0.15, 0.2) is 146 Å². The van der Waals surface area contributed by atoms with E-state index in [0.29, 0.717) is 5.92 Å². The topological polar surface area (TPSA) is 3.24 Å². The number of hydrogen-bond acceptors (Lipinski definition) is 1. The predicted octanol–water partition coefficient (Wildman–Crippen LogP) is 14.3. The minimum atomic E-state index is -1.77. The molecule has 1 nitrogen and oxygen atoms in total. The molecule has 2 aliphatic rings. The zero-order valence-corrected chi connectivity index (χ0v) is 31.4. The number of hydrogen-bond donors (Lipinski definition) is 0. The first kappa shape index (κ1) is 32.0. The van der Waals surface area contributed by atoms with Crippen molar-refractivity contribution in [2.24, 2.45) is 0 Å². The summed E-state index contributed by atoms with van der Waals surface area (Å²) in [6.45, 7) is 10.2. The summed E-state index contributed by atoms with van der Waals surface area (Å²) >= 11 is 0. The molecule has 0 amide bonds. The molecular weight excluding hydrogens is 631 g/mol. The number of nitrogens with zero attached hydrogens (tertiary/aromatic N) is 1. The average Bonchev–Trinajstić information content (AvgIpc) is 3.43. The van der Waals surface area contributed by atoms with Crippen molar-refractivity contribution in [2.75, 3.05) is 4.90 Å². The van der Waals surface area contributed by atoms with Crippen molar-refractivity contribution in [2.45, 2.75) is 69.6 Å². The fourth-order valence-electron chi connectivity index (χ4n) is 9.24. The smallest absolute Gasteiger partial charge is 0.0609 e. The molecule has 9 rings (SSSR count). The molecule has 0 aliphatic heterocycles. The molecule has 252 valence electrons. The highest BCUT2D eigenvalue weighted by Gasteiger charge is 2.49. The highest BCUT2D eigenvalue weighted by Crippen LogP contribution is 2.56. The zero-order valence-electron chi connectivity index (χ0n) is 30.4. The predicted molar refractivity (Wildman–Crippen MR) is 223 cm³/mol. The second kappa shape index (κ2) is 12.4. The number of anilines is 3. The summed E-state index contributed by atoms with van der Waals surface area (Å²) in [5, 5.41) is 5.32. The Hall–Kier alpha value is -4.92. The molecule has 1 fully saturated rings. The Bertz CT molecular complexity index is 2400. The third kappa shape index (κ3) is 5.35. The first-order chi connectivity index (χ1) is 24.8. The molecule has 1 saturated carbocycles. The van der Waals surface area contributed by atoms with Crippen LogP contribution in [0.25, 0.3) is 43.8 Å². The van der Waals surface area contributed by atoms with E-state index in [2.05, 4.69) is 177 Å². The normalized spacial score (nSPS) is 17.4. The van der Waals surface area contributed by atoms with Crippen molar-refractivity contribution in [3.05, 3.63) is 162 Å². The first-order valence-electron chi connectivity index (χ1n) is 19.0. The van der Waals surface area contributed by atoms with Crippen LogP contribution in [0.5, 0.6) is 0 Å². The Balaban J connectivity index is 1.20. The summed E-state index contributed by atoms with van der Waals surface area (Å²) in [5.41, 5.74) is 13.4. The lowest BCUT2D eigenvalue weighted by Crippen LogP contribution is -2.46. The van der Waals surface area contributed by atoms with Gasteiger partial charge in [-0.25, -0.2) is 0 Å². The van der Waals surface area contributed by atoms with Gasteiger partial charge < -0.3 is 4.90 Å². The van der Waals surface area contributed by atoms with Crippen LogP contribution in [0.1, 0.15) is 61.6 Å². The van der Waals surface area contributed by atoms with Gasteiger partial charge in [0.1, 0.15) is 0 Å². The second-order valence-corrected chi connectivity index (χ2v) is 21.7. The van der Waals surface area contributed by atoms with Crippen molar-refractivity contribution in [3.63, 3.8) is 0 Å².